The summed E-state index contributed by atoms with van der Waals surface area (Å²) in [4.78, 5) is 26.9. The Kier molecular flexibility index (Phi) is 185. The Labute approximate surface area is 533 Å². The van der Waals surface area contributed by atoms with Gasteiger partial charge in [0, 0.05) is 104 Å². The van der Waals surface area contributed by atoms with Gasteiger partial charge in [-0.2, -0.15) is 22.0 Å². The molecule has 12 nitrogen and oxygen atoms in total. The molecule has 0 aromatic rings. The third-order valence-corrected chi connectivity index (χ3v) is 4.04. The quantitative estimate of drug-likeness (QED) is 0.0339. The number of sulfone groups is 1. The lowest BCUT2D eigenvalue weighted by Gasteiger charge is -2.05. The molecule has 0 saturated carbocycles. The Balaban J connectivity index is -0.0000000332. The predicted octanol–water partition coefficient (Wildman–Crippen LogP) is 19.4. The van der Waals surface area contributed by atoms with E-state index in [0.29, 0.717) is 13.3 Å². The van der Waals surface area contributed by atoms with E-state index in [1.807, 2.05) is 122 Å². The fraction of sp³-hybridized carbons (Fsp3) is 0.781. The number of rotatable bonds is 0. The number of carbonyl (C=O) groups is 1. The van der Waals surface area contributed by atoms with Gasteiger partial charge in [0.1, 0.15) is 22.3 Å². The molecule has 0 N–H and O–H groups in total. The zero-order valence-corrected chi connectivity index (χ0v) is 68.5. The van der Waals surface area contributed by atoms with Crippen molar-refractivity contribution < 1.29 is 22.2 Å². The molecule has 0 unspecified atom stereocenters. The van der Waals surface area contributed by atoms with Gasteiger partial charge >= 0.3 is 0 Å². The summed E-state index contributed by atoms with van der Waals surface area (Å²) in [5.74, 6) is 5.53. The maximum atomic E-state index is 9.63. The van der Waals surface area contributed by atoms with E-state index in [9.17, 15) is 17.4 Å². The van der Waals surface area contributed by atoms with Crippen LogP contribution in [0.5, 0.6) is 0 Å². The van der Waals surface area contributed by atoms with Crippen LogP contribution in [-0.2, 0) is 30.2 Å². The molecule has 0 heterocycles. The number of ether oxygens (including phenoxy) is 1. The van der Waals surface area contributed by atoms with Crippen LogP contribution >= 0.6 is 31.9 Å². The summed E-state index contributed by atoms with van der Waals surface area (Å²) in [5, 5.41) is 6.72. The number of Topliss-reactive ketones (excluding diaryl/α,β-unsaturated/α-hetero) is 1. The first kappa shape index (κ1) is 130. The molecule has 0 aromatic carbocycles. The predicted molar refractivity (Wildman–Crippen MR) is 406 cm³/mol. The number of hydrogen-bond acceptors (Lipinski definition) is 14. The SMILES string of the molecule is CB(C)C.CC#CC.CC(C)(C)C.CC(C)=C(C)C.CC(C)=C(C)C.CC(C)=C=C(C)C.CC(C)=O.CC(C)=S.CN(C)C.CN=C(C)C.CN=C(C)C.CN=C=NC.CN=NC.COC.CP(C)C.CS(C)(=O)=O.CS(C)=O.CSC. The van der Waals surface area contributed by atoms with Gasteiger partial charge in [-0.25, -0.2) is 18.4 Å². The number of methoxy groups -OCH3 is 1. The molecule has 0 spiro atoms. The number of allylic oxidation sites excluding steroid dienone is 5. The van der Waals surface area contributed by atoms with E-state index in [2.05, 4.69) is 194 Å². The van der Waals surface area contributed by atoms with E-state index in [1.165, 1.54) is 47.3 Å². The van der Waals surface area contributed by atoms with Crippen molar-refractivity contribution in [1.29, 1.82) is 0 Å². The second-order valence-corrected chi connectivity index (χ2v) is 29.9. The maximum absolute atomic E-state index is 9.63. The molecule has 0 aliphatic carbocycles. The zero-order chi connectivity index (χ0) is 71.6. The van der Waals surface area contributed by atoms with E-state index in [-0.39, 0.29) is 5.78 Å². The average molecular weight is 1260 g/mol. The van der Waals surface area contributed by atoms with Crippen LogP contribution in [0.15, 0.2) is 69.4 Å². The second kappa shape index (κ2) is 117. The average Bonchev–Trinajstić information content (AvgIpc) is 3.23. The summed E-state index contributed by atoms with van der Waals surface area (Å²) in [6, 6.07) is 2.36. The normalized spacial score (nSPS) is 7.76. The topological polar surface area (TPSA) is 155 Å². The van der Waals surface area contributed by atoms with Crippen molar-refractivity contribution in [1.82, 2.24) is 4.90 Å². The van der Waals surface area contributed by atoms with Crippen LogP contribution in [0, 0.1) is 17.3 Å². The van der Waals surface area contributed by atoms with Crippen molar-refractivity contribution in [3.63, 3.8) is 0 Å². The first-order valence-electron chi connectivity index (χ1n) is 26.6. The van der Waals surface area contributed by atoms with Crippen molar-refractivity contribution in [3.05, 3.63) is 39.2 Å². The van der Waals surface area contributed by atoms with Crippen molar-refractivity contribution in [3.8, 4) is 11.8 Å². The summed E-state index contributed by atoms with van der Waals surface area (Å²) in [5.41, 5.74) is 14.1. The van der Waals surface area contributed by atoms with Gasteiger partial charge in [-0.15, -0.1) is 25.5 Å². The van der Waals surface area contributed by atoms with Gasteiger partial charge < -0.3 is 14.4 Å². The Morgan fingerprint density at radius 1 is 0.585 bits per heavy atom. The van der Waals surface area contributed by atoms with Crippen LogP contribution in [-0.4, -0.2) is 187 Å². The first-order chi connectivity index (χ1) is 36.4. The van der Waals surface area contributed by atoms with Gasteiger partial charge in [0.25, 0.3) is 0 Å². The molecule has 500 valence electrons. The molecule has 0 atom stereocenters. The van der Waals surface area contributed by atoms with Crippen molar-refractivity contribution >= 4 is 87.3 Å². The van der Waals surface area contributed by atoms with Gasteiger partial charge in [0.2, 0.25) is 0 Å². The number of thiocarbonyl (C=S) groups is 1. The summed E-state index contributed by atoms with van der Waals surface area (Å²) in [6.45, 7) is 66.3. The smallest absolute Gasteiger partial charge is 0.144 e. The minimum absolute atomic E-state index is 0.167. The van der Waals surface area contributed by atoms with E-state index in [1.54, 1.807) is 80.8 Å². The van der Waals surface area contributed by atoms with Gasteiger partial charge in [-0.3, -0.25) is 14.2 Å². The highest BCUT2D eigenvalue weighted by molar-refractivity contribution is 7.97. The molecule has 0 aromatic heterocycles. The molecule has 0 amide bonds. The molecule has 0 rings (SSSR count). The van der Waals surface area contributed by atoms with Crippen molar-refractivity contribution in [2.75, 3.05) is 135 Å². The summed E-state index contributed by atoms with van der Waals surface area (Å²) in [6.07, 6.45) is 9.68. The van der Waals surface area contributed by atoms with Crippen LogP contribution in [0.25, 0.3) is 0 Å². The highest BCUT2D eigenvalue weighted by atomic mass is 32.2. The van der Waals surface area contributed by atoms with Crippen molar-refractivity contribution in [2.24, 2.45) is 35.6 Å². The summed E-state index contributed by atoms with van der Waals surface area (Å²) >= 11 is 6.29. The Morgan fingerprint density at radius 2 is 0.683 bits per heavy atom. The molecule has 0 fully saturated rings. The van der Waals surface area contributed by atoms with E-state index < -0.39 is 20.6 Å². The number of aliphatic imine (C=N–C) groups is 4. The van der Waals surface area contributed by atoms with Crippen LogP contribution in [0.2, 0.25) is 20.5 Å². The van der Waals surface area contributed by atoms with Gasteiger partial charge in [-0.1, -0.05) is 82.7 Å². The van der Waals surface area contributed by atoms with Gasteiger partial charge in [0.15, 0.2) is 0 Å². The molecule has 0 aliphatic heterocycles. The number of hydrogen-bond donors (Lipinski definition) is 0. The number of carbonyl (C=O) groups excluding carboxylic acids is 1. The van der Waals surface area contributed by atoms with Crippen LogP contribution in [0.4, 0.5) is 0 Å². The molecule has 0 saturated heterocycles. The molecular weight excluding hydrogens is 1120 g/mol. The van der Waals surface area contributed by atoms with E-state index in [0.717, 1.165) is 35.5 Å². The monoisotopic (exact) mass is 1260 g/mol. The lowest BCUT2D eigenvalue weighted by Crippen LogP contribution is -1.99. The molecule has 18 heteroatoms. The number of nitrogens with zero attached hydrogens (tertiary/aromatic N) is 7. The Morgan fingerprint density at radius 3 is 0.683 bits per heavy atom. The fourth-order valence-electron chi connectivity index (χ4n) is 0.600. The second-order valence-electron chi connectivity index (χ2n) is 21.8. The third-order valence-electron chi connectivity index (χ3n) is 4.04. The molecule has 82 heavy (non-hydrogen) atoms. The minimum Gasteiger partial charge on any atom is -0.388 e. The number of azo groups is 1. The largest absolute Gasteiger partial charge is 0.388 e. The summed E-state index contributed by atoms with van der Waals surface area (Å²) < 4.78 is 33.1. The highest BCUT2D eigenvalue weighted by Gasteiger charge is 1.95. The fourth-order valence-corrected chi connectivity index (χ4v) is 0.600. The molecular formula is C64H147BN7O5PS4. The van der Waals surface area contributed by atoms with E-state index >= 15 is 0 Å². The maximum Gasteiger partial charge on any atom is 0.144 e. The minimum atomic E-state index is -2.67. The standard InChI is InChI=1S/C7H12.2C6H12.C5H12.2C4H9N.C4H6.C3H9B.C3H6N2.C3H9N.C3H6O.C3H9P.C3H6S.C2H6N2.C2H6O2S.C2H6OS.C2H6O.C2H6S/c1-6(2)5-7(3)4;2*1-5(2)6(3)4;1-5(2,3)4;2*1-4(2)5-3;1-3-4-2;1-4(2)3;1-4-3-5-2;1-4(2)3;1-3(2)4;1-4(2)3;1-3(2)4;1-3-4-2;1-5(2,3)4;1-4(2)3;2*1-3-2/h1-4H3;2*1-4H3;1-4H3;2*1-3H3;1-2H3;1-3H3;1-2H3;1-3H3;1-2H3;1-3H3;2*1-2H3;1-2H3;1-2H3;2*1-2H3. The lowest BCUT2D eigenvalue weighted by atomic mass is 9.58. The number of thioether (sulfide) groups is 1. The lowest BCUT2D eigenvalue weighted by molar-refractivity contribution is -0.115. The highest BCUT2D eigenvalue weighted by Crippen LogP contribution is 2.14. The Bertz CT molecular complexity index is 1570. The van der Waals surface area contributed by atoms with Crippen molar-refractivity contribution in [2.45, 2.75) is 200 Å². The third kappa shape index (κ3) is 1480. The zero-order valence-electron chi connectivity index (χ0n) is 64.3. The summed E-state index contributed by atoms with van der Waals surface area (Å²) in [7, 11) is 16.5. The molecule has 0 aliphatic rings. The van der Waals surface area contributed by atoms with Gasteiger partial charge in [0.05, 0.1) is 6.01 Å². The van der Waals surface area contributed by atoms with E-state index in [4.69, 9.17) is 0 Å². The number of ketones is 1. The van der Waals surface area contributed by atoms with Crippen LogP contribution in [0.3, 0.4) is 0 Å². The molecule has 0 bridgehead atoms. The molecule has 0 radical (unpaired) electrons. The first-order valence-corrected chi connectivity index (χ1v) is 35.6. The van der Waals surface area contributed by atoms with Crippen LogP contribution in [0.1, 0.15) is 180 Å². The Hall–Kier alpha value is -2.50. The van der Waals surface area contributed by atoms with Gasteiger partial charge in [-0.05, 0) is 227 Å². The van der Waals surface area contributed by atoms with Crippen LogP contribution < -0.4 is 0 Å².